The number of benzene rings is 3. The van der Waals surface area contributed by atoms with Gasteiger partial charge in [0.2, 0.25) is 0 Å². The van der Waals surface area contributed by atoms with Crippen molar-refractivity contribution in [2.24, 2.45) is 5.92 Å². The number of aromatic nitrogens is 2. The smallest absolute Gasteiger partial charge is 0.308 e. The van der Waals surface area contributed by atoms with Crippen molar-refractivity contribution in [3.63, 3.8) is 0 Å². The summed E-state index contributed by atoms with van der Waals surface area (Å²) in [6, 6.07) is 31.5. The number of nitrogens with zero attached hydrogens (tertiary/aromatic N) is 2. The van der Waals surface area contributed by atoms with E-state index >= 15 is 0 Å². The van der Waals surface area contributed by atoms with Crippen molar-refractivity contribution in [2.75, 3.05) is 6.61 Å². The van der Waals surface area contributed by atoms with Gasteiger partial charge in [0.05, 0.1) is 24.5 Å². The van der Waals surface area contributed by atoms with Gasteiger partial charge in [-0.2, -0.15) is 0 Å². The Morgan fingerprint density at radius 3 is 1.81 bits per heavy atom. The number of rotatable bonds is 8. The molecule has 4 nitrogen and oxygen atoms in total. The molecule has 0 radical (unpaired) electrons. The largest absolute Gasteiger partial charge is 0.465 e. The van der Waals surface area contributed by atoms with E-state index in [1.165, 1.54) is 0 Å². The van der Waals surface area contributed by atoms with E-state index in [1.807, 2.05) is 24.5 Å². The van der Waals surface area contributed by atoms with Gasteiger partial charge < -0.3 is 9.30 Å². The Balaban J connectivity index is 1.57. The lowest BCUT2D eigenvalue weighted by Crippen LogP contribution is -2.36. The third-order valence-electron chi connectivity index (χ3n) is 6.11. The minimum Gasteiger partial charge on any atom is -0.465 e. The molecule has 5 rings (SSSR count). The van der Waals surface area contributed by atoms with Crippen LogP contribution in [0.15, 0.2) is 104 Å². The van der Waals surface area contributed by atoms with Gasteiger partial charge in [-0.05, 0) is 29.5 Å². The van der Waals surface area contributed by atoms with Crippen molar-refractivity contribution in [3.8, 4) is 0 Å². The summed E-state index contributed by atoms with van der Waals surface area (Å²) in [7, 11) is 0. The summed E-state index contributed by atoms with van der Waals surface area (Å²) in [6.45, 7) is 0.362. The Labute approximate surface area is 188 Å². The Morgan fingerprint density at radius 1 is 0.844 bits per heavy atom. The molecule has 0 unspecified atom stereocenters. The lowest BCUT2D eigenvalue weighted by molar-refractivity contribution is -0.145. The van der Waals surface area contributed by atoms with E-state index < -0.39 is 5.54 Å². The molecule has 0 bridgehead atoms. The van der Waals surface area contributed by atoms with E-state index in [1.54, 1.807) is 0 Å². The monoisotopic (exact) mass is 422 g/mol. The quantitative estimate of drug-likeness (QED) is 0.289. The summed E-state index contributed by atoms with van der Waals surface area (Å²) in [5.74, 6) is 0.0473. The van der Waals surface area contributed by atoms with Crippen molar-refractivity contribution in [2.45, 2.75) is 24.8 Å². The van der Waals surface area contributed by atoms with Crippen LogP contribution in [0, 0.1) is 5.92 Å². The fourth-order valence-corrected chi connectivity index (χ4v) is 4.35. The predicted molar refractivity (Wildman–Crippen MR) is 124 cm³/mol. The fraction of sp³-hybridized carbons (Fsp3) is 0.214. The highest BCUT2D eigenvalue weighted by molar-refractivity contribution is 5.74. The first-order valence-corrected chi connectivity index (χ1v) is 11.1. The van der Waals surface area contributed by atoms with E-state index in [9.17, 15) is 4.79 Å². The first kappa shape index (κ1) is 20.3. The highest BCUT2D eigenvalue weighted by Crippen LogP contribution is 2.40. The van der Waals surface area contributed by atoms with Crippen LogP contribution in [0.5, 0.6) is 0 Å². The Kier molecular flexibility index (Phi) is 5.59. The molecule has 1 heterocycles. The summed E-state index contributed by atoms with van der Waals surface area (Å²) >= 11 is 0. The molecule has 1 aromatic heterocycles. The van der Waals surface area contributed by atoms with E-state index in [0.717, 1.165) is 35.2 Å². The van der Waals surface area contributed by atoms with Crippen LogP contribution in [0.2, 0.25) is 0 Å². The summed E-state index contributed by atoms with van der Waals surface area (Å²) in [5, 5.41) is 0. The molecule has 32 heavy (non-hydrogen) atoms. The maximum Gasteiger partial charge on any atom is 0.308 e. The minimum atomic E-state index is -0.570. The van der Waals surface area contributed by atoms with E-state index in [0.29, 0.717) is 13.0 Å². The average Bonchev–Trinajstić information content (AvgIpc) is 3.61. The summed E-state index contributed by atoms with van der Waals surface area (Å²) in [5.41, 5.74) is 3.80. The van der Waals surface area contributed by atoms with Crippen LogP contribution >= 0.6 is 0 Å². The van der Waals surface area contributed by atoms with E-state index in [4.69, 9.17) is 4.74 Å². The third kappa shape index (κ3) is 3.84. The molecule has 0 spiro atoms. The molecule has 0 saturated heterocycles. The molecule has 0 N–H and O–H groups in total. The van der Waals surface area contributed by atoms with E-state index in [2.05, 4.69) is 88.5 Å². The SMILES string of the molecule is O=C(OCCc1cn(C(c2ccccc2)(c2ccccc2)c2ccccc2)cn1)C1CC1. The maximum atomic E-state index is 11.9. The average molecular weight is 423 g/mol. The first-order chi connectivity index (χ1) is 15.8. The molecule has 1 saturated carbocycles. The topological polar surface area (TPSA) is 44.1 Å². The van der Waals surface area contributed by atoms with Gasteiger partial charge in [-0.25, -0.2) is 4.98 Å². The molecule has 4 heteroatoms. The molecule has 1 aliphatic rings. The molecule has 3 aromatic carbocycles. The van der Waals surface area contributed by atoms with Crippen molar-refractivity contribution in [1.82, 2.24) is 9.55 Å². The van der Waals surface area contributed by atoms with Gasteiger partial charge >= 0.3 is 5.97 Å². The second-order valence-electron chi connectivity index (χ2n) is 8.27. The lowest BCUT2D eigenvalue weighted by atomic mass is 9.77. The number of carbonyl (C=O) groups is 1. The number of hydrogen-bond donors (Lipinski definition) is 0. The summed E-state index contributed by atoms with van der Waals surface area (Å²) < 4.78 is 7.62. The zero-order valence-corrected chi connectivity index (χ0v) is 17.9. The maximum absolute atomic E-state index is 11.9. The van der Waals surface area contributed by atoms with Crippen LogP contribution in [-0.2, 0) is 21.5 Å². The van der Waals surface area contributed by atoms with Crippen LogP contribution < -0.4 is 0 Å². The van der Waals surface area contributed by atoms with Crippen molar-refractivity contribution in [1.29, 1.82) is 0 Å². The number of esters is 1. The second-order valence-corrected chi connectivity index (χ2v) is 8.27. The zero-order chi connectivity index (χ0) is 21.8. The van der Waals surface area contributed by atoms with Gasteiger partial charge in [-0.3, -0.25) is 4.79 Å². The van der Waals surface area contributed by atoms with E-state index in [-0.39, 0.29) is 11.9 Å². The summed E-state index contributed by atoms with van der Waals surface area (Å²) in [4.78, 5) is 16.6. The van der Waals surface area contributed by atoms with Crippen LogP contribution in [0.1, 0.15) is 35.2 Å². The first-order valence-electron chi connectivity index (χ1n) is 11.1. The zero-order valence-electron chi connectivity index (χ0n) is 17.9. The van der Waals surface area contributed by atoms with Gasteiger partial charge in [0, 0.05) is 12.6 Å². The highest BCUT2D eigenvalue weighted by Gasteiger charge is 2.38. The van der Waals surface area contributed by atoms with Crippen molar-refractivity contribution < 1.29 is 9.53 Å². The number of ether oxygens (including phenoxy) is 1. The number of carbonyl (C=O) groups excluding carboxylic acids is 1. The summed E-state index contributed by atoms with van der Waals surface area (Å²) in [6.07, 6.45) is 6.49. The predicted octanol–water partition coefficient (Wildman–Crippen LogP) is 5.22. The molecular formula is C28H26N2O2. The van der Waals surface area contributed by atoms with Gasteiger partial charge in [0.25, 0.3) is 0 Å². The van der Waals surface area contributed by atoms with Crippen LogP contribution in [-0.4, -0.2) is 22.1 Å². The number of hydrogen-bond acceptors (Lipinski definition) is 3. The minimum absolute atomic E-state index is 0.0726. The lowest BCUT2D eigenvalue weighted by Gasteiger charge is -2.37. The van der Waals surface area contributed by atoms with Gasteiger partial charge in [-0.1, -0.05) is 91.0 Å². The molecule has 160 valence electrons. The van der Waals surface area contributed by atoms with Gasteiger partial charge in [-0.15, -0.1) is 0 Å². The molecule has 0 aliphatic heterocycles. The number of imidazole rings is 1. The Bertz CT molecular complexity index is 1070. The standard InChI is InChI=1S/C28H26N2O2/c31-27(22-16-17-22)32-19-18-26-20-30(21-29-26)28(23-10-4-1-5-11-23,24-12-6-2-7-13-24)25-14-8-3-9-15-25/h1-15,20-22H,16-19H2. The Hall–Kier alpha value is -3.66. The fourth-order valence-electron chi connectivity index (χ4n) is 4.35. The molecule has 4 aromatic rings. The molecular weight excluding hydrogens is 396 g/mol. The normalized spacial score (nSPS) is 13.6. The second kappa shape index (κ2) is 8.83. The van der Waals surface area contributed by atoms with Gasteiger partial charge in [0.15, 0.2) is 0 Å². The third-order valence-corrected chi connectivity index (χ3v) is 6.11. The molecule has 1 aliphatic carbocycles. The van der Waals surface area contributed by atoms with Crippen molar-refractivity contribution >= 4 is 5.97 Å². The molecule has 0 amide bonds. The van der Waals surface area contributed by atoms with Crippen LogP contribution in [0.25, 0.3) is 0 Å². The molecule has 0 atom stereocenters. The van der Waals surface area contributed by atoms with Gasteiger partial charge in [0.1, 0.15) is 5.54 Å². The highest BCUT2D eigenvalue weighted by atomic mass is 16.5. The Morgan fingerprint density at radius 2 is 1.34 bits per heavy atom. The van der Waals surface area contributed by atoms with Crippen molar-refractivity contribution in [3.05, 3.63) is 126 Å². The molecule has 1 fully saturated rings. The van der Waals surface area contributed by atoms with Crippen LogP contribution in [0.4, 0.5) is 0 Å². The van der Waals surface area contributed by atoms with Crippen LogP contribution in [0.3, 0.4) is 0 Å².